The summed E-state index contributed by atoms with van der Waals surface area (Å²) in [6, 6.07) is 7.40. The fourth-order valence-electron chi connectivity index (χ4n) is 4.28. The lowest BCUT2D eigenvalue weighted by Crippen LogP contribution is -2.39. The molecule has 0 N–H and O–H groups in total. The number of alkyl halides is 2. The van der Waals surface area contributed by atoms with Gasteiger partial charge in [0.25, 0.3) is 5.56 Å². The Balaban J connectivity index is 1.61. The van der Waals surface area contributed by atoms with Crippen LogP contribution >= 0.6 is 0 Å². The summed E-state index contributed by atoms with van der Waals surface area (Å²) < 4.78 is 37.1. The van der Waals surface area contributed by atoms with Gasteiger partial charge in [-0.05, 0) is 50.5 Å². The molecule has 1 aromatic carbocycles. The van der Waals surface area contributed by atoms with Gasteiger partial charge in [0, 0.05) is 33.0 Å². The zero-order chi connectivity index (χ0) is 23.8. The largest absolute Gasteiger partial charge is 0.490 e. The van der Waals surface area contributed by atoms with Crippen molar-refractivity contribution >= 4 is 23.3 Å². The molecule has 2 heterocycles. The first-order chi connectivity index (χ1) is 15.7. The second kappa shape index (κ2) is 8.96. The predicted molar refractivity (Wildman–Crippen MR) is 124 cm³/mol. The molecular weight excluding hydrogens is 430 g/mol. The molecule has 176 valence electrons. The van der Waals surface area contributed by atoms with Gasteiger partial charge in [-0.25, -0.2) is 18.6 Å². The molecule has 1 aliphatic carbocycles. The van der Waals surface area contributed by atoms with Crippen LogP contribution in [0.5, 0.6) is 5.75 Å². The van der Waals surface area contributed by atoms with Gasteiger partial charge in [-0.15, -0.1) is 0 Å². The van der Waals surface area contributed by atoms with E-state index in [-0.39, 0.29) is 36.7 Å². The number of aryl methyl sites for hydroxylation is 2. The number of hydrogen-bond acceptors (Lipinski definition) is 4. The van der Waals surface area contributed by atoms with Crippen LogP contribution in [0, 0.1) is 0 Å². The van der Waals surface area contributed by atoms with Gasteiger partial charge in [0.15, 0.2) is 11.2 Å². The maximum atomic E-state index is 13.4. The van der Waals surface area contributed by atoms with Crippen LogP contribution in [-0.2, 0) is 20.1 Å². The lowest BCUT2D eigenvalue weighted by Gasteiger charge is -2.28. The molecule has 0 spiro atoms. The van der Waals surface area contributed by atoms with Gasteiger partial charge in [-0.3, -0.25) is 13.9 Å². The van der Waals surface area contributed by atoms with Crippen molar-refractivity contribution in [3.8, 4) is 5.75 Å². The Kier molecular flexibility index (Phi) is 6.23. The normalized spacial score (nSPS) is 16.6. The Hall–Kier alpha value is -3.23. The van der Waals surface area contributed by atoms with Crippen molar-refractivity contribution in [3.05, 3.63) is 56.5 Å². The molecule has 1 saturated carbocycles. The summed E-state index contributed by atoms with van der Waals surface area (Å²) in [6.07, 6.45) is 3.79. The third-order valence-corrected chi connectivity index (χ3v) is 6.16. The van der Waals surface area contributed by atoms with Gasteiger partial charge in [0.05, 0.1) is 6.10 Å². The van der Waals surface area contributed by atoms with Crippen LogP contribution in [0.3, 0.4) is 0 Å². The molecule has 1 aliphatic rings. The van der Waals surface area contributed by atoms with Crippen molar-refractivity contribution in [2.45, 2.75) is 64.6 Å². The van der Waals surface area contributed by atoms with Crippen LogP contribution < -0.4 is 16.0 Å². The maximum Gasteiger partial charge on any atom is 0.332 e. The van der Waals surface area contributed by atoms with E-state index in [1.165, 1.54) is 9.13 Å². The van der Waals surface area contributed by atoms with Crippen LogP contribution in [0.1, 0.15) is 50.9 Å². The van der Waals surface area contributed by atoms with E-state index < -0.39 is 5.92 Å². The molecule has 33 heavy (non-hydrogen) atoms. The van der Waals surface area contributed by atoms with E-state index in [4.69, 9.17) is 4.74 Å². The topological polar surface area (TPSA) is 71.1 Å². The second-order valence-corrected chi connectivity index (χ2v) is 8.36. The number of benzene rings is 1. The van der Waals surface area contributed by atoms with Crippen molar-refractivity contribution in [3.63, 3.8) is 0 Å². The highest BCUT2D eigenvalue weighted by atomic mass is 19.3. The molecule has 0 atom stereocenters. The summed E-state index contributed by atoms with van der Waals surface area (Å²) in [5, 5.41) is 0. The van der Waals surface area contributed by atoms with Crippen molar-refractivity contribution in [1.82, 2.24) is 18.7 Å². The molecule has 0 amide bonds. The summed E-state index contributed by atoms with van der Waals surface area (Å²) >= 11 is 0. The maximum absolute atomic E-state index is 13.4. The minimum absolute atomic E-state index is 0.146. The average Bonchev–Trinajstić information content (AvgIpc) is 3.11. The zero-order valence-electron chi connectivity index (χ0n) is 19.1. The van der Waals surface area contributed by atoms with Gasteiger partial charge in [0.1, 0.15) is 11.6 Å². The number of fused-ring (bicyclic) bond motifs is 1. The van der Waals surface area contributed by atoms with Crippen molar-refractivity contribution in [1.29, 1.82) is 0 Å². The van der Waals surface area contributed by atoms with Gasteiger partial charge in [0.2, 0.25) is 5.92 Å². The third kappa shape index (κ3) is 4.49. The van der Waals surface area contributed by atoms with Crippen LogP contribution in [-0.4, -0.2) is 30.7 Å². The van der Waals surface area contributed by atoms with Gasteiger partial charge in [-0.1, -0.05) is 18.2 Å². The average molecular weight is 459 g/mol. The van der Waals surface area contributed by atoms with E-state index in [9.17, 15) is 18.4 Å². The lowest BCUT2D eigenvalue weighted by atomic mass is 9.94. The molecule has 0 radical (unpaired) electrons. The summed E-state index contributed by atoms with van der Waals surface area (Å²) in [4.78, 5) is 30.0. The van der Waals surface area contributed by atoms with E-state index in [1.54, 1.807) is 24.6 Å². The lowest BCUT2D eigenvalue weighted by molar-refractivity contribution is -0.0582. The van der Waals surface area contributed by atoms with Crippen molar-refractivity contribution < 1.29 is 13.5 Å². The van der Waals surface area contributed by atoms with Crippen LogP contribution in [0.4, 0.5) is 8.78 Å². The smallest absolute Gasteiger partial charge is 0.332 e. The summed E-state index contributed by atoms with van der Waals surface area (Å²) in [5.41, 5.74) is 0.871. The molecule has 4 rings (SSSR count). The number of halogens is 2. The highest BCUT2D eigenvalue weighted by Gasteiger charge is 2.35. The van der Waals surface area contributed by atoms with Gasteiger partial charge in [-0.2, -0.15) is 0 Å². The quantitative estimate of drug-likeness (QED) is 0.559. The number of nitrogens with zero attached hydrogens (tertiary/aromatic N) is 4. The van der Waals surface area contributed by atoms with Gasteiger partial charge < -0.3 is 9.30 Å². The van der Waals surface area contributed by atoms with E-state index in [2.05, 4.69) is 4.98 Å². The van der Waals surface area contributed by atoms with Crippen molar-refractivity contribution in [2.75, 3.05) is 0 Å². The number of imidazole rings is 1. The molecule has 3 aromatic rings. The Morgan fingerprint density at radius 3 is 2.48 bits per heavy atom. The number of aromatic nitrogens is 4. The first-order valence-corrected chi connectivity index (χ1v) is 11.3. The van der Waals surface area contributed by atoms with E-state index in [0.29, 0.717) is 42.1 Å². The summed E-state index contributed by atoms with van der Waals surface area (Å²) in [5.74, 6) is -1.42. The SMILES string of the molecule is CCn1c(=O)c2c(nc(C=Cc3cccc(OC4CCC(F)(F)CC4)c3)n2C)n(CC)c1=O. The molecule has 1 fully saturated rings. The minimum atomic E-state index is -2.58. The molecule has 2 aromatic heterocycles. The first-order valence-electron chi connectivity index (χ1n) is 11.3. The monoisotopic (exact) mass is 458 g/mol. The fraction of sp³-hybridized carbons (Fsp3) is 0.458. The zero-order valence-corrected chi connectivity index (χ0v) is 19.1. The van der Waals surface area contributed by atoms with E-state index in [0.717, 1.165) is 5.56 Å². The molecule has 0 bridgehead atoms. The number of rotatable bonds is 6. The summed E-state index contributed by atoms with van der Waals surface area (Å²) in [7, 11) is 1.75. The first kappa shape index (κ1) is 22.9. The molecule has 0 aliphatic heterocycles. The van der Waals surface area contributed by atoms with Gasteiger partial charge >= 0.3 is 5.69 Å². The third-order valence-electron chi connectivity index (χ3n) is 6.16. The Morgan fingerprint density at radius 2 is 1.82 bits per heavy atom. The van der Waals surface area contributed by atoms with E-state index in [1.807, 2.05) is 37.3 Å². The molecule has 7 nitrogen and oxygen atoms in total. The number of hydrogen-bond donors (Lipinski definition) is 0. The second-order valence-electron chi connectivity index (χ2n) is 8.36. The van der Waals surface area contributed by atoms with Crippen LogP contribution in [0.15, 0.2) is 33.9 Å². The highest BCUT2D eigenvalue weighted by Crippen LogP contribution is 2.34. The number of ether oxygens (including phenoxy) is 1. The fourth-order valence-corrected chi connectivity index (χ4v) is 4.28. The van der Waals surface area contributed by atoms with E-state index >= 15 is 0 Å². The standard InChI is InChI=1S/C24H28F2N4O3/c1-4-29-21-20(22(31)30(5-2)23(29)32)28(3)19(27-21)10-9-16-7-6-8-18(15-16)33-17-11-13-24(25,26)14-12-17/h6-10,15,17H,4-5,11-14H2,1-3H3. The van der Waals surface area contributed by atoms with Crippen molar-refractivity contribution in [2.24, 2.45) is 7.05 Å². The summed E-state index contributed by atoms with van der Waals surface area (Å²) in [6.45, 7) is 4.30. The minimum Gasteiger partial charge on any atom is -0.490 e. The van der Waals surface area contributed by atoms with Crippen LogP contribution in [0.25, 0.3) is 23.3 Å². The molecular formula is C24H28F2N4O3. The molecule has 0 unspecified atom stereocenters. The molecule has 9 heteroatoms. The Morgan fingerprint density at radius 1 is 1.12 bits per heavy atom. The predicted octanol–water partition coefficient (Wildman–Crippen LogP) is 4.06. The van der Waals surface area contributed by atoms with Crippen LogP contribution in [0.2, 0.25) is 0 Å². The molecule has 0 saturated heterocycles. The Bertz CT molecular complexity index is 1310. The highest BCUT2D eigenvalue weighted by molar-refractivity contribution is 5.76. The Labute approximate surface area is 189 Å².